The molecule has 8 nitrogen and oxygen atoms in total. The Morgan fingerprint density at radius 3 is 1.51 bits per heavy atom. The van der Waals surface area contributed by atoms with E-state index in [9.17, 15) is 23.9 Å². The first-order valence-electron chi connectivity index (χ1n) is 14.2. The van der Waals surface area contributed by atoms with Gasteiger partial charge in [-0.25, -0.2) is 4.79 Å². The van der Waals surface area contributed by atoms with Crippen LogP contribution in [0.5, 0.6) is 0 Å². The number of hydrogen-bond acceptors (Lipinski definition) is 8. The molecule has 0 aliphatic carbocycles. The van der Waals surface area contributed by atoms with Crippen molar-refractivity contribution in [2.75, 3.05) is 13.2 Å². The van der Waals surface area contributed by atoms with Crippen LogP contribution in [-0.2, 0) is 28.2 Å². The van der Waals surface area contributed by atoms with Crippen LogP contribution in [0, 0.1) is 82.9 Å². The number of unbranched alkanes of at least 4 members (excludes halogenated alkanes) is 11. The van der Waals surface area contributed by atoms with Gasteiger partial charge < -0.3 is 28.3 Å². The summed E-state index contributed by atoms with van der Waals surface area (Å²) in [5, 5.41) is 0. The van der Waals surface area contributed by atoms with Gasteiger partial charge in [0, 0.05) is 12.3 Å². The summed E-state index contributed by atoms with van der Waals surface area (Å²) in [4.78, 5) is 45.7. The van der Waals surface area contributed by atoms with Crippen molar-refractivity contribution >= 4 is 19.8 Å². The van der Waals surface area contributed by atoms with E-state index in [1.54, 1.807) is 6.92 Å². The van der Waals surface area contributed by atoms with Crippen molar-refractivity contribution in [2.45, 2.75) is 103 Å². The van der Waals surface area contributed by atoms with Crippen molar-refractivity contribution in [3.8, 4) is 82.9 Å². The molecule has 11 heteroatoms. The van der Waals surface area contributed by atoms with Crippen LogP contribution >= 0.6 is 7.82 Å². The molecule has 0 heterocycles. The molecule has 0 N–H and O–H groups in total. The quantitative estimate of drug-likeness (QED) is 0.0374. The second-order valence-electron chi connectivity index (χ2n) is 8.97. The number of phosphoric ester groups is 1. The Morgan fingerprint density at radius 2 is 1.07 bits per heavy atom. The number of ether oxygens (including phenoxy) is 2. The Bertz CT molecular complexity index is 1350. The number of phosphoric acid groups is 1. The molecule has 0 aliphatic rings. The molecule has 1 atom stereocenters. The Kier molecular flexibility index (Phi) is 36.7. The zero-order chi connectivity index (χ0) is 31.9. The third-order valence-corrected chi connectivity index (χ3v) is 5.79. The SMILES string of the molecule is CC#CC#CC#CC#CC#CC#CC#CC(=O)OC[C@H](COP(=O)([O-])[O-])OC(=O)CCCCCCCCCCCCCC.[Na+].[Na+]. The van der Waals surface area contributed by atoms with Gasteiger partial charge in [-0.1, -0.05) is 83.5 Å². The van der Waals surface area contributed by atoms with Crippen LogP contribution in [0.2, 0.25) is 0 Å². The second kappa shape index (κ2) is 34.8. The van der Waals surface area contributed by atoms with Gasteiger partial charge in [0.05, 0.1) is 14.4 Å². The minimum atomic E-state index is -5.32. The number of esters is 2. The summed E-state index contributed by atoms with van der Waals surface area (Å²) in [7, 11) is -5.32. The Morgan fingerprint density at radius 1 is 0.644 bits per heavy atom. The van der Waals surface area contributed by atoms with Crippen LogP contribution in [0.1, 0.15) is 97.3 Å². The van der Waals surface area contributed by atoms with Gasteiger partial charge in [0.1, 0.15) is 6.61 Å². The van der Waals surface area contributed by atoms with E-state index in [-0.39, 0.29) is 65.5 Å². The van der Waals surface area contributed by atoms with Crippen molar-refractivity contribution < 1.29 is 97.1 Å². The van der Waals surface area contributed by atoms with Crippen molar-refractivity contribution in [3.05, 3.63) is 0 Å². The molecule has 45 heavy (non-hydrogen) atoms. The molecule has 0 saturated heterocycles. The third-order valence-electron chi connectivity index (χ3n) is 5.33. The first-order chi connectivity index (χ1) is 20.8. The number of hydrogen-bond donors (Lipinski definition) is 0. The maximum atomic E-state index is 12.2. The zero-order valence-electron chi connectivity index (χ0n) is 26.9. The molecule has 0 aromatic rings. The van der Waals surface area contributed by atoms with Crippen LogP contribution in [0.25, 0.3) is 0 Å². The van der Waals surface area contributed by atoms with E-state index in [1.165, 1.54) is 51.4 Å². The van der Waals surface area contributed by atoms with Gasteiger partial charge >= 0.3 is 71.1 Å². The molecular formula is C34H37Na2O8P. The first-order valence-corrected chi connectivity index (χ1v) is 15.7. The van der Waals surface area contributed by atoms with Crippen LogP contribution < -0.4 is 68.9 Å². The fourth-order valence-electron chi connectivity index (χ4n) is 3.31. The minimum Gasteiger partial charge on any atom is -0.790 e. The fraction of sp³-hybridized carbons (Fsp3) is 0.529. The summed E-state index contributed by atoms with van der Waals surface area (Å²) in [6, 6.07) is 0. The molecule has 0 saturated carbocycles. The summed E-state index contributed by atoms with van der Waals surface area (Å²) in [5.74, 6) is 32.1. The second-order valence-corrected chi connectivity index (χ2v) is 10.1. The fourth-order valence-corrected chi connectivity index (χ4v) is 3.66. The molecule has 0 unspecified atom stereocenters. The van der Waals surface area contributed by atoms with Crippen LogP contribution in [0.15, 0.2) is 0 Å². The molecular weight excluding hydrogens is 613 g/mol. The van der Waals surface area contributed by atoms with Crippen molar-refractivity contribution in [1.82, 2.24) is 0 Å². The van der Waals surface area contributed by atoms with E-state index < -0.39 is 39.1 Å². The summed E-state index contributed by atoms with van der Waals surface area (Å²) in [6.45, 7) is 2.53. The molecule has 0 spiro atoms. The van der Waals surface area contributed by atoms with E-state index >= 15 is 0 Å². The molecule has 0 rings (SSSR count). The van der Waals surface area contributed by atoms with Gasteiger partial charge in [-0.15, -0.1) is 0 Å². The van der Waals surface area contributed by atoms with E-state index in [2.05, 4.69) is 94.3 Å². The first kappa shape index (κ1) is 47.4. The smallest absolute Gasteiger partial charge is 0.790 e. The van der Waals surface area contributed by atoms with Crippen molar-refractivity contribution in [3.63, 3.8) is 0 Å². The van der Waals surface area contributed by atoms with Gasteiger partial charge in [-0.3, -0.25) is 4.79 Å². The average Bonchev–Trinajstić information content (AvgIpc) is 2.97. The third kappa shape index (κ3) is 38.1. The van der Waals surface area contributed by atoms with Gasteiger partial charge in [0.2, 0.25) is 0 Å². The van der Waals surface area contributed by atoms with Crippen LogP contribution in [0.4, 0.5) is 0 Å². The van der Waals surface area contributed by atoms with Crippen molar-refractivity contribution in [1.29, 1.82) is 0 Å². The number of carbonyl (C=O) groups is 2. The van der Waals surface area contributed by atoms with Gasteiger partial charge in [-0.2, -0.15) is 0 Å². The molecule has 0 aromatic heterocycles. The zero-order valence-corrected chi connectivity index (χ0v) is 31.8. The summed E-state index contributed by atoms with van der Waals surface area (Å²) < 4.78 is 25.0. The van der Waals surface area contributed by atoms with E-state index in [1.807, 2.05) is 0 Å². The molecule has 0 radical (unpaired) electrons. The summed E-state index contributed by atoms with van der Waals surface area (Å²) in [6.07, 6.45) is 12.5. The van der Waals surface area contributed by atoms with E-state index in [0.717, 1.165) is 19.3 Å². The van der Waals surface area contributed by atoms with Crippen LogP contribution in [-0.4, -0.2) is 31.3 Å². The Labute approximate surface area is 313 Å². The van der Waals surface area contributed by atoms with E-state index in [4.69, 9.17) is 9.47 Å². The molecule has 0 fully saturated rings. The Balaban J connectivity index is -0.00000882. The van der Waals surface area contributed by atoms with Gasteiger partial charge in [0.15, 0.2) is 6.10 Å². The molecule has 0 amide bonds. The van der Waals surface area contributed by atoms with Gasteiger partial charge in [0.25, 0.3) is 0 Å². The minimum absolute atomic E-state index is 0. The Hall–Kier alpha value is -2.03. The molecule has 228 valence electrons. The largest absolute Gasteiger partial charge is 1.00 e. The maximum absolute atomic E-state index is 12.2. The standard InChI is InChI=1S/C34H39O8P.2Na/c1-3-5-7-9-11-13-15-17-19-20-22-24-26-28-33(35)40-30-32(31-41-43(37,38)39)42-34(36)29-27-25-23-21-18-16-14-12-10-8-6-4-2;;/h32H,4,6,8,10,12,14,16,18,21,23,25,27,29-31H2,1-2H3,(H2,37,38,39);;/q;2*+1/p-2/t32-;;/m1../s1. The summed E-state index contributed by atoms with van der Waals surface area (Å²) in [5.41, 5.74) is 0. The molecule has 0 aliphatic heterocycles. The van der Waals surface area contributed by atoms with Crippen LogP contribution in [0.3, 0.4) is 0 Å². The summed E-state index contributed by atoms with van der Waals surface area (Å²) >= 11 is 0. The predicted molar refractivity (Wildman–Crippen MR) is 160 cm³/mol. The topological polar surface area (TPSA) is 125 Å². The normalized spacial score (nSPS) is 9.33. The number of rotatable bonds is 19. The molecule has 0 bridgehead atoms. The van der Waals surface area contributed by atoms with Gasteiger partial charge in [-0.05, 0) is 84.4 Å². The maximum Gasteiger partial charge on any atom is 1.00 e. The predicted octanol–water partition coefficient (Wildman–Crippen LogP) is -2.57. The number of carbonyl (C=O) groups excluding carboxylic acids is 2. The van der Waals surface area contributed by atoms with Crippen molar-refractivity contribution in [2.24, 2.45) is 0 Å². The monoisotopic (exact) mass is 650 g/mol. The van der Waals surface area contributed by atoms with E-state index in [0.29, 0.717) is 6.42 Å². The average molecular weight is 651 g/mol. The molecule has 0 aromatic carbocycles.